The summed E-state index contributed by atoms with van der Waals surface area (Å²) in [6.07, 6.45) is 0. The number of nitrogens with zero attached hydrogens (tertiary/aromatic N) is 3. The maximum absolute atomic E-state index is 11.9. The lowest BCUT2D eigenvalue weighted by Gasteiger charge is -2.17. The molecule has 0 atom stereocenters. The fourth-order valence-corrected chi connectivity index (χ4v) is 2.65. The molecule has 0 bridgehead atoms. The average molecular weight is 326 g/mol. The van der Waals surface area contributed by atoms with Crippen molar-refractivity contribution in [1.82, 2.24) is 15.1 Å². The van der Waals surface area contributed by atoms with E-state index in [4.69, 9.17) is 16.0 Å². The van der Waals surface area contributed by atoms with Crippen molar-refractivity contribution in [2.75, 3.05) is 18.8 Å². The zero-order valence-corrected chi connectivity index (χ0v) is 13.4. The molecule has 1 amide bonds. The standard InChI is InChI=1S/C14H16ClN3O2S/c1-3-18(4-2)12(19)9-21-14-17-16-13(20-14)10-6-5-7-11(15)8-10/h5-8H,3-4,9H2,1-2H3. The third-order valence-electron chi connectivity index (χ3n) is 2.91. The Bertz CT molecular complexity index is 614. The van der Waals surface area contributed by atoms with Crippen LogP contribution in [-0.4, -0.2) is 39.8 Å². The number of hydrogen-bond donors (Lipinski definition) is 0. The zero-order chi connectivity index (χ0) is 15.2. The van der Waals surface area contributed by atoms with Gasteiger partial charge in [0.05, 0.1) is 5.75 Å². The predicted octanol–water partition coefficient (Wildman–Crippen LogP) is 3.35. The molecule has 0 N–H and O–H groups in total. The summed E-state index contributed by atoms with van der Waals surface area (Å²) in [6, 6.07) is 7.19. The second-order valence-corrected chi connectivity index (χ2v) is 5.60. The molecule has 0 saturated carbocycles. The van der Waals surface area contributed by atoms with E-state index >= 15 is 0 Å². The molecule has 21 heavy (non-hydrogen) atoms. The first-order chi connectivity index (χ1) is 10.1. The second kappa shape index (κ2) is 7.47. The Morgan fingerprint density at radius 2 is 2.10 bits per heavy atom. The van der Waals surface area contributed by atoms with Crippen molar-refractivity contribution in [3.63, 3.8) is 0 Å². The van der Waals surface area contributed by atoms with E-state index < -0.39 is 0 Å². The molecule has 0 spiro atoms. The van der Waals surface area contributed by atoms with E-state index in [0.717, 1.165) is 5.56 Å². The van der Waals surface area contributed by atoms with Crippen LogP contribution in [0.4, 0.5) is 0 Å². The molecule has 1 aromatic heterocycles. The highest BCUT2D eigenvalue weighted by molar-refractivity contribution is 7.99. The summed E-state index contributed by atoms with van der Waals surface area (Å²) >= 11 is 7.17. The molecule has 0 radical (unpaired) electrons. The van der Waals surface area contributed by atoms with Gasteiger partial charge in [0.25, 0.3) is 5.22 Å². The van der Waals surface area contributed by atoms with Gasteiger partial charge in [0, 0.05) is 23.7 Å². The fourth-order valence-electron chi connectivity index (χ4n) is 1.80. The van der Waals surface area contributed by atoms with Crippen molar-refractivity contribution in [2.45, 2.75) is 19.1 Å². The van der Waals surface area contributed by atoms with Crippen LogP contribution >= 0.6 is 23.4 Å². The predicted molar refractivity (Wildman–Crippen MR) is 83.4 cm³/mol. The summed E-state index contributed by atoms with van der Waals surface area (Å²) in [5, 5.41) is 8.90. The van der Waals surface area contributed by atoms with Gasteiger partial charge >= 0.3 is 0 Å². The topological polar surface area (TPSA) is 59.2 Å². The van der Waals surface area contributed by atoms with E-state index in [2.05, 4.69) is 10.2 Å². The van der Waals surface area contributed by atoms with E-state index in [-0.39, 0.29) is 5.91 Å². The van der Waals surface area contributed by atoms with E-state index in [1.54, 1.807) is 17.0 Å². The van der Waals surface area contributed by atoms with Crippen LogP contribution in [0.1, 0.15) is 13.8 Å². The van der Waals surface area contributed by atoms with E-state index in [0.29, 0.717) is 35.0 Å². The number of aromatic nitrogens is 2. The van der Waals surface area contributed by atoms with Crippen molar-refractivity contribution in [2.24, 2.45) is 0 Å². The number of benzene rings is 1. The molecule has 2 aromatic rings. The van der Waals surface area contributed by atoms with Crippen LogP contribution in [0.15, 0.2) is 33.9 Å². The Morgan fingerprint density at radius 3 is 2.76 bits per heavy atom. The zero-order valence-electron chi connectivity index (χ0n) is 11.9. The third kappa shape index (κ3) is 4.22. The number of halogens is 1. The minimum atomic E-state index is 0.0625. The van der Waals surface area contributed by atoms with Crippen LogP contribution in [-0.2, 0) is 4.79 Å². The van der Waals surface area contributed by atoms with Crippen LogP contribution in [0.2, 0.25) is 5.02 Å². The molecule has 1 heterocycles. The Morgan fingerprint density at radius 1 is 1.33 bits per heavy atom. The minimum Gasteiger partial charge on any atom is -0.411 e. The summed E-state index contributed by atoms with van der Waals surface area (Å²) in [5.74, 6) is 0.751. The SMILES string of the molecule is CCN(CC)C(=O)CSc1nnc(-c2cccc(Cl)c2)o1. The lowest BCUT2D eigenvalue weighted by atomic mass is 10.2. The Balaban J connectivity index is 1.99. The summed E-state index contributed by atoms with van der Waals surface area (Å²) in [4.78, 5) is 13.7. The highest BCUT2D eigenvalue weighted by atomic mass is 35.5. The number of carbonyl (C=O) groups is 1. The van der Waals surface area contributed by atoms with Crippen LogP contribution in [0.3, 0.4) is 0 Å². The number of rotatable bonds is 6. The van der Waals surface area contributed by atoms with Crippen molar-refractivity contribution in [3.05, 3.63) is 29.3 Å². The van der Waals surface area contributed by atoms with Crippen molar-refractivity contribution in [1.29, 1.82) is 0 Å². The van der Waals surface area contributed by atoms with Gasteiger partial charge < -0.3 is 9.32 Å². The van der Waals surface area contributed by atoms with Gasteiger partial charge in [0.2, 0.25) is 11.8 Å². The molecule has 0 aliphatic carbocycles. The van der Waals surface area contributed by atoms with Crippen molar-refractivity contribution in [3.8, 4) is 11.5 Å². The molecule has 1 aromatic carbocycles. The van der Waals surface area contributed by atoms with Crippen molar-refractivity contribution >= 4 is 29.3 Å². The van der Waals surface area contributed by atoms with E-state index in [1.165, 1.54) is 11.8 Å². The van der Waals surface area contributed by atoms with Crippen LogP contribution in [0, 0.1) is 0 Å². The normalized spacial score (nSPS) is 10.6. The van der Waals surface area contributed by atoms with E-state index in [1.807, 2.05) is 26.0 Å². The average Bonchev–Trinajstić information content (AvgIpc) is 2.95. The van der Waals surface area contributed by atoms with Gasteiger partial charge in [-0.25, -0.2) is 0 Å². The third-order valence-corrected chi connectivity index (χ3v) is 3.95. The number of thioether (sulfide) groups is 1. The second-order valence-electron chi connectivity index (χ2n) is 4.24. The van der Waals surface area contributed by atoms with Crippen LogP contribution < -0.4 is 0 Å². The quantitative estimate of drug-likeness (QED) is 0.762. The summed E-state index contributed by atoms with van der Waals surface area (Å²) in [7, 11) is 0. The molecule has 0 fully saturated rings. The van der Waals surface area contributed by atoms with Gasteiger partial charge in [-0.2, -0.15) is 0 Å². The van der Waals surface area contributed by atoms with Gasteiger partial charge in [0.1, 0.15) is 0 Å². The molecule has 5 nitrogen and oxygen atoms in total. The van der Waals surface area contributed by atoms with Gasteiger partial charge in [-0.05, 0) is 32.0 Å². The lowest BCUT2D eigenvalue weighted by molar-refractivity contribution is -0.127. The number of hydrogen-bond acceptors (Lipinski definition) is 5. The molecular formula is C14H16ClN3O2S. The smallest absolute Gasteiger partial charge is 0.277 e. The van der Waals surface area contributed by atoms with Crippen molar-refractivity contribution < 1.29 is 9.21 Å². The van der Waals surface area contributed by atoms with Gasteiger partial charge in [-0.15, -0.1) is 10.2 Å². The van der Waals surface area contributed by atoms with E-state index in [9.17, 15) is 4.79 Å². The molecule has 7 heteroatoms. The summed E-state index contributed by atoms with van der Waals surface area (Å²) in [5.41, 5.74) is 0.761. The Kier molecular flexibility index (Phi) is 5.64. The van der Waals surface area contributed by atoms with Gasteiger partial charge in [0.15, 0.2) is 0 Å². The molecule has 0 unspecified atom stereocenters. The minimum absolute atomic E-state index is 0.0625. The first-order valence-corrected chi connectivity index (χ1v) is 8.00. The first-order valence-electron chi connectivity index (χ1n) is 6.64. The molecule has 0 aliphatic rings. The Hall–Kier alpha value is -1.53. The lowest BCUT2D eigenvalue weighted by Crippen LogP contribution is -2.31. The highest BCUT2D eigenvalue weighted by Gasteiger charge is 2.14. The number of carbonyl (C=O) groups excluding carboxylic acids is 1. The monoisotopic (exact) mass is 325 g/mol. The molecule has 0 aliphatic heterocycles. The molecule has 0 saturated heterocycles. The van der Waals surface area contributed by atoms with Crippen LogP contribution in [0.5, 0.6) is 0 Å². The Labute approximate surface area is 132 Å². The van der Waals surface area contributed by atoms with Gasteiger partial charge in [-0.1, -0.05) is 29.4 Å². The fraction of sp³-hybridized carbons (Fsp3) is 0.357. The highest BCUT2D eigenvalue weighted by Crippen LogP contribution is 2.25. The largest absolute Gasteiger partial charge is 0.411 e. The summed E-state index contributed by atoms with van der Waals surface area (Å²) in [6.45, 7) is 5.31. The maximum Gasteiger partial charge on any atom is 0.277 e. The molecule has 2 rings (SSSR count). The van der Waals surface area contributed by atoms with Gasteiger partial charge in [-0.3, -0.25) is 4.79 Å². The number of amides is 1. The molecular weight excluding hydrogens is 310 g/mol. The maximum atomic E-state index is 11.9. The first kappa shape index (κ1) is 15.9. The summed E-state index contributed by atoms with van der Waals surface area (Å²) < 4.78 is 5.53. The molecule has 112 valence electrons. The van der Waals surface area contributed by atoms with Crippen LogP contribution in [0.25, 0.3) is 11.5 Å².